The molecule has 0 radical (unpaired) electrons. The molecule has 5 aliphatic carbocycles. The van der Waals surface area contributed by atoms with Gasteiger partial charge in [0.1, 0.15) is 17.2 Å². The zero-order valence-electron chi connectivity index (χ0n) is 18.3. The van der Waals surface area contributed by atoms with E-state index in [2.05, 4.69) is 0 Å². The number of carbonyl (C=O) groups is 3. The largest absolute Gasteiger partial charge is 0.456 e. The summed E-state index contributed by atoms with van der Waals surface area (Å²) in [6, 6.07) is 7.70. The number of hydrogen-bond donors (Lipinski definition) is 0. The molecule has 4 nitrogen and oxygen atoms in total. The van der Waals surface area contributed by atoms with Gasteiger partial charge in [0, 0.05) is 23.7 Å². The lowest BCUT2D eigenvalue weighted by Gasteiger charge is -2.34. The van der Waals surface area contributed by atoms with E-state index in [9.17, 15) is 14.4 Å². The molecule has 4 fully saturated rings. The molecule has 4 bridgehead atoms. The fourth-order valence-corrected chi connectivity index (χ4v) is 7.78. The highest BCUT2D eigenvalue weighted by Gasteiger charge is 2.68. The Balaban J connectivity index is 1.24. The van der Waals surface area contributed by atoms with E-state index in [0.717, 1.165) is 24.8 Å². The molecule has 6 rings (SSSR count). The van der Waals surface area contributed by atoms with Gasteiger partial charge in [0.2, 0.25) is 0 Å². The number of esters is 1. The van der Waals surface area contributed by atoms with Crippen LogP contribution in [-0.2, 0) is 14.3 Å². The average Bonchev–Trinajstić information content (AvgIpc) is 3.56. The van der Waals surface area contributed by atoms with Gasteiger partial charge in [0.25, 0.3) is 0 Å². The summed E-state index contributed by atoms with van der Waals surface area (Å²) in [5.74, 6) is 1.12. The molecule has 7 unspecified atom stereocenters. The highest BCUT2D eigenvalue weighted by molar-refractivity contribution is 5.99. The van der Waals surface area contributed by atoms with Gasteiger partial charge in [0.15, 0.2) is 0 Å². The van der Waals surface area contributed by atoms with E-state index in [4.69, 9.17) is 4.74 Å². The van der Waals surface area contributed by atoms with Crippen molar-refractivity contribution in [1.82, 2.24) is 0 Å². The number of rotatable bonds is 4. The summed E-state index contributed by atoms with van der Waals surface area (Å²) in [6.45, 7) is 4.05. The van der Waals surface area contributed by atoms with Gasteiger partial charge in [-0.15, -0.1) is 0 Å². The monoisotopic (exact) mass is 418 g/mol. The van der Waals surface area contributed by atoms with E-state index < -0.39 is 5.60 Å². The number of carbonyl (C=O) groups excluding carboxylic acids is 3. The van der Waals surface area contributed by atoms with E-state index in [-0.39, 0.29) is 47.4 Å². The molecule has 31 heavy (non-hydrogen) atoms. The van der Waals surface area contributed by atoms with Gasteiger partial charge in [0.05, 0.1) is 5.56 Å². The second-order valence-electron chi connectivity index (χ2n) is 11.0. The predicted octanol–water partition coefficient (Wildman–Crippen LogP) is 4.73. The maximum atomic E-state index is 13.1. The van der Waals surface area contributed by atoms with E-state index >= 15 is 0 Å². The molecule has 4 saturated carbocycles. The summed E-state index contributed by atoms with van der Waals surface area (Å²) < 4.78 is 5.97. The SMILES string of the molecule is CC(C)(OC(=O)c1cccc(C2CC3C(=O)C2C2C4C=CC(C4=O)C32)c1)C1CCCC1. The molecule has 162 valence electrons. The number of allylic oxidation sites excluding steroid dienone is 2. The van der Waals surface area contributed by atoms with Crippen LogP contribution in [0.4, 0.5) is 0 Å². The van der Waals surface area contributed by atoms with Gasteiger partial charge < -0.3 is 4.74 Å². The summed E-state index contributed by atoms with van der Waals surface area (Å²) in [5.41, 5.74) is 1.15. The molecular weight excluding hydrogens is 388 g/mol. The van der Waals surface area contributed by atoms with Crippen molar-refractivity contribution < 1.29 is 19.1 Å². The second kappa shape index (κ2) is 6.63. The zero-order chi connectivity index (χ0) is 21.5. The Morgan fingerprint density at radius 3 is 2.42 bits per heavy atom. The minimum absolute atomic E-state index is 0.000748. The summed E-state index contributed by atoms with van der Waals surface area (Å²) in [7, 11) is 0. The Morgan fingerprint density at radius 2 is 1.68 bits per heavy atom. The number of benzene rings is 1. The Labute approximate surface area is 183 Å². The average molecular weight is 419 g/mol. The number of ketones is 2. The van der Waals surface area contributed by atoms with Crippen molar-refractivity contribution >= 4 is 17.5 Å². The van der Waals surface area contributed by atoms with Crippen molar-refractivity contribution in [3.8, 4) is 0 Å². The number of ether oxygens (including phenoxy) is 1. The Bertz CT molecular complexity index is 998. The van der Waals surface area contributed by atoms with Crippen molar-refractivity contribution in [3.63, 3.8) is 0 Å². The van der Waals surface area contributed by atoms with E-state index in [1.165, 1.54) is 12.8 Å². The molecule has 0 heterocycles. The third-order valence-corrected chi connectivity index (χ3v) is 9.22. The smallest absolute Gasteiger partial charge is 0.338 e. The van der Waals surface area contributed by atoms with Crippen LogP contribution in [0.2, 0.25) is 0 Å². The lowest BCUT2D eigenvalue weighted by Crippen LogP contribution is -2.35. The highest BCUT2D eigenvalue weighted by atomic mass is 16.6. The first-order valence-corrected chi connectivity index (χ1v) is 12.0. The van der Waals surface area contributed by atoms with Crippen LogP contribution in [-0.4, -0.2) is 23.1 Å². The maximum Gasteiger partial charge on any atom is 0.338 e. The van der Waals surface area contributed by atoms with Gasteiger partial charge in [-0.25, -0.2) is 4.79 Å². The summed E-state index contributed by atoms with van der Waals surface area (Å²) in [5, 5.41) is 0. The van der Waals surface area contributed by atoms with Crippen LogP contribution in [0.1, 0.15) is 67.8 Å². The summed E-state index contributed by atoms with van der Waals surface area (Å²) >= 11 is 0. The van der Waals surface area contributed by atoms with Gasteiger partial charge in [-0.1, -0.05) is 37.1 Å². The van der Waals surface area contributed by atoms with Gasteiger partial charge in [-0.3, -0.25) is 9.59 Å². The minimum atomic E-state index is -0.463. The third-order valence-electron chi connectivity index (χ3n) is 9.22. The Kier molecular flexibility index (Phi) is 4.16. The van der Waals surface area contributed by atoms with Crippen LogP contribution in [0, 0.1) is 41.4 Å². The third kappa shape index (κ3) is 2.69. The minimum Gasteiger partial charge on any atom is -0.456 e. The first-order valence-electron chi connectivity index (χ1n) is 12.0. The number of Topliss-reactive ketones (excluding diaryl/α,β-unsaturated/α-hetero) is 2. The Hall–Kier alpha value is -2.23. The fraction of sp³-hybridized carbons (Fsp3) is 0.593. The van der Waals surface area contributed by atoms with E-state index in [0.29, 0.717) is 23.0 Å². The number of hydrogen-bond acceptors (Lipinski definition) is 4. The van der Waals surface area contributed by atoms with E-state index in [1.807, 2.05) is 50.3 Å². The van der Waals surface area contributed by atoms with Gasteiger partial charge >= 0.3 is 5.97 Å². The molecule has 0 spiro atoms. The van der Waals surface area contributed by atoms with Gasteiger partial charge in [-0.2, -0.15) is 0 Å². The van der Waals surface area contributed by atoms with Crippen molar-refractivity contribution in [1.29, 1.82) is 0 Å². The summed E-state index contributed by atoms with van der Waals surface area (Å²) in [4.78, 5) is 38.7. The molecule has 0 saturated heterocycles. The lowest BCUT2D eigenvalue weighted by molar-refractivity contribution is -0.125. The molecule has 4 heteroatoms. The van der Waals surface area contributed by atoms with Crippen molar-refractivity contribution in [2.45, 2.75) is 57.5 Å². The van der Waals surface area contributed by atoms with Crippen LogP contribution in [0.25, 0.3) is 0 Å². The fourth-order valence-electron chi connectivity index (χ4n) is 7.78. The molecule has 5 aliphatic rings. The second-order valence-corrected chi connectivity index (χ2v) is 11.0. The predicted molar refractivity (Wildman–Crippen MR) is 115 cm³/mol. The first-order chi connectivity index (χ1) is 14.9. The van der Waals surface area contributed by atoms with Crippen LogP contribution in [0.5, 0.6) is 0 Å². The van der Waals surface area contributed by atoms with Crippen molar-refractivity contribution in [3.05, 3.63) is 47.5 Å². The Morgan fingerprint density at radius 1 is 0.968 bits per heavy atom. The van der Waals surface area contributed by atoms with Crippen LogP contribution in [0.15, 0.2) is 36.4 Å². The molecule has 7 atom stereocenters. The highest BCUT2D eigenvalue weighted by Crippen LogP contribution is 2.66. The molecule has 0 aromatic heterocycles. The molecule has 0 N–H and O–H groups in total. The number of fused-ring (bicyclic) bond motifs is 9. The van der Waals surface area contributed by atoms with Crippen molar-refractivity contribution in [2.24, 2.45) is 41.4 Å². The van der Waals surface area contributed by atoms with E-state index in [1.54, 1.807) is 0 Å². The standard InChI is InChI=1S/C27H30O4/c1-27(2,16-8-3-4-9-16)31-26(30)15-7-5-6-14(12-15)19-13-20-21-17-10-11-18(24(17)28)22(21)23(19)25(20)29/h5-7,10-12,16-23H,3-4,8-9,13H2,1-2H3. The summed E-state index contributed by atoms with van der Waals surface area (Å²) in [6.07, 6.45) is 9.54. The topological polar surface area (TPSA) is 60.4 Å². The zero-order valence-corrected chi connectivity index (χ0v) is 18.3. The molecule has 1 aromatic carbocycles. The first kappa shape index (κ1) is 19.5. The van der Waals surface area contributed by atoms with Gasteiger partial charge in [-0.05, 0) is 74.5 Å². The molecule has 0 amide bonds. The quantitative estimate of drug-likeness (QED) is 0.403. The molecular formula is C27H30O4. The lowest BCUT2D eigenvalue weighted by atomic mass is 9.68. The molecule has 0 aliphatic heterocycles. The maximum absolute atomic E-state index is 13.1. The van der Waals surface area contributed by atoms with Crippen molar-refractivity contribution in [2.75, 3.05) is 0 Å². The van der Waals surface area contributed by atoms with Crippen LogP contribution >= 0.6 is 0 Å². The molecule has 1 aromatic rings. The normalized spacial score (nSPS) is 38.3. The van der Waals surface area contributed by atoms with Crippen LogP contribution in [0.3, 0.4) is 0 Å². The van der Waals surface area contributed by atoms with Crippen LogP contribution < -0.4 is 0 Å².